The first-order chi connectivity index (χ1) is 12.1. The zero-order valence-electron chi connectivity index (χ0n) is 17.4. The van der Waals surface area contributed by atoms with Gasteiger partial charge in [0.05, 0.1) is 12.2 Å². The molecule has 1 N–H and O–H groups in total. The number of morpholine rings is 1. The number of alkyl halides is 1. The largest absolute Gasteiger partial charge is 0.396 e. The number of aliphatic hydroxyl groups is 1. The minimum Gasteiger partial charge on any atom is -0.396 e. The van der Waals surface area contributed by atoms with E-state index in [1.807, 2.05) is 0 Å². The highest BCUT2D eigenvalue weighted by Gasteiger charge is 2.46. The molecule has 3 fully saturated rings. The van der Waals surface area contributed by atoms with Crippen LogP contribution < -0.4 is 0 Å². The Kier molecular flexibility index (Phi) is 6.03. The first-order valence-electron chi connectivity index (χ1n) is 10.4. The third-order valence-electron chi connectivity index (χ3n) is 7.29. The average Bonchev–Trinajstić information content (AvgIpc) is 2.86. The summed E-state index contributed by atoms with van der Waals surface area (Å²) in [4.78, 5) is 5.23. The van der Waals surface area contributed by atoms with Crippen LogP contribution in [0.2, 0.25) is 0 Å². The molecule has 0 aliphatic carbocycles. The Bertz CT molecular complexity index is 477. The number of hydrogen-bond acceptors (Lipinski definition) is 4. The maximum Gasteiger partial charge on any atom is 0.0736 e. The van der Waals surface area contributed by atoms with Crippen LogP contribution in [0.1, 0.15) is 60.3 Å². The number of rotatable bonds is 5. The fraction of sp³-hybridized carbons (Fsp3) is 1.00. The molecule has 5 heteroatoms. The predicted octanol–water partition coefficient (Wildman–Crippen LogP) is 3.36. The maximum absolute atomic E-state index is 9.73. The third kappa shape index (κ3) is 4.25. The summed E-state index contributed by atoms with van der Waals surface area (Å²) in [6.07, 6.45) is 5.20. The molecular formula is C21H39ClN2O2. The molecule has 0 aromatic rings. The number of ether oxygens (including phenoxy) is 1. The molecule has 0 saturated carbocycles. The zero-order chi connectivity index (χ0) is 19.2. The average molecular weight is 387 g/mol. The number of piperidine rings is 1. The molecule has 3 unspecified atom stereocenters. The van der Waals surface area contributed by atoms with Crippen LogP contribution in [-0.2, 0) is 4.74 Å². The standard InChI is InChI=1S/C21H39ClN2O2/c1-19(2,3)24-12-17-10-16(18(13-24)26-17)11-20(4,5)23-8-6-21(14-22,15-25)7-9-23/h16-18,25H,6-15H2,1-5H3. The summed E-state index contributed by atoms with van der Waals surface area (Å²) in [5.41, 5.74) is 0.340. The number of nitrogens with zero attached hydrogens (tertiary/aromatic N) is 2. The molecule has 2 bridgehead atoms. The highest BCUT2D eigenvalue weighted by atomic mass is 35.5. The Hall–Kier alpha value is 0.130. The van der Waals surface area contributed by atoms with Gasteiger partial charge in [-0.25, -0.2) is 0 Å². The fourth-order valence-corrected chi connectivity index (χ4v) is 5.56. The van der Waals surface area contributed by atoms with Crippen molar-refractivity contribution < 1.29 is 9.84 Å². The van der Waals surface area contributed by atoms with Crippen LogP contribution >= 0.6 is 11.6 Å². The van der Waals surface area contributed by atoms with E-state index in [4.69, 9.17) is 16.3 Å². The van der Waals surface area contributed by atoms with Crippen molar-refractivity contribution in [3.05, 3.63) is 0 Å². The van der Waals surface area contributed by atoms with Gasteiger partial charge >= 0.3 is 0 Å². The van der Waals surface area contributed by atoms with Crippen LogP contribution in [0.15, 0.2) is 0 Å². The van der Waals surface area contributed by atoms with Gasteiger partial charge in [-0.15, -0.1) is 11.6 Å². The van der Waals surface area contributed by atoms with E-state index >= 15 is 0 Å². The van der Waals surface area contributed by atoms with Gasteiger partial charge in [0.25, 0.3) is 0 Å². The van der Waals surface area contributed by atoms with Crippen LogP contribution in [0, 0.1) is 11.3 Å². The number of aliphatic hydroxyl groups excluding tert-OH is 1. The lowest BCUT2D eigenvalue weighted by molar-refractivity contribution is -0.0776. The van der Waals surface area contributed by atoms with Crippen LogP contribution in [0.25, 0.3) is 0 Å². The highest BCUT2D eigenvalue weighted by molar-refractivity contribution is 6.18. The Balaban J connectivity index is 1.59. The first-order valence-corrected chi connectivity index (χ1v) is 10.9. The maximum atomic E-state index is 9.73. The van der Waals surface area contributed by atoms with E-state index in [0.29, 0.717) is 24.0 Å². The summed E-state index contributed by atoms with van der Waals surface area (Å²) in [5, 5.41) is 9.73. The third-order valence-corrected chi connectivity index (χ3v) is 7.86. The van der Waals surface area contributed by atoms with Gasteiger partial charge in [-0.1, -0.05) is 0 Å². The lowest BCUT2D eigenvalue weighted by Gasteiger charge is -2.48. The molecule has 0 radical (unpaired) electrons. The van der Waals surface area contributed by atoms with Crippen molar-refractivity contribution >= 4 is 11.6 Å². The number of likely N-dealkylation sites (tertiary alicyclic amines) is 2. The summed E-state index contributed by atoms with van der Waals surface area (Å²) >= 11 is 6.15. The van der Waals surface area contributed by atoms with Gasteiger partial charge in [0.1, 0.15) is 0 Å². The molecule has 3 aliphatic rings. The SMILES string of the molecule is CC(C)(C)N1CC2CC(CC(C)(C)N3CCC(CO)(CCl)CC3)C(C1)O2. The minimum atomic E-state index is -0.0611. The van der Waals surface area contributed by atoms with E-state index in [2.05, 4.69) is 44.4 Å². The van der Waals surface area contributed by atoms with E-state index in [-0.39, 0.29) is 23.1 Å². The Morgan fingerprint density at radius 3 is 2.27 bits per heavy atom. The molecule has 3 saturated heterocycles. The normalized spacial score (nSPS) is 33.6. The number of halogens is 1. The molecule has 26 heavy (non-hydrogen) atoms. The van der Waals surface area contributed by atoms with Crippen molar-refractivity contribution in [2.45, 2.75) is 83.6 Å². The van der Waals surface area contributed by atoms with E-state index in [1.54, 1.807) is 0 Å². The summed E-state index contributed by atoms with van der Waals surface area (Å²) in [5.74, 6) is 1.22. The topological polar surface area (TPSA) is 35.9 Å². The summed E-state index contributed by atoms with van der Waals surface area (Å²) in [6.45, 7) is 16.2. The monoisotopic (exact) mass is 386 g/mol. The Labute approximate surface area is 165 Å². The van der Waals surface area contributed by atoms with E-state index in [9.17, 15) is 5.11 Å². The van der Waals surface area contributed by atoms with Crippen molar-refractivity contribution in [2.75, 3.05) is 38.7 Å². The van der Waals surface area contributed by atoms with Crippen LogP contribution in [0.4, 0.5) is 0 Å². The second-order valence-corrected chi connectivity index (χ2v) is 10.9. The molecule has 3 atom stereocenters. The summed E-state index contributed by atoms with van der Waals surface area (Å²) in [7, 11) is 0. The fourth-order valence-electron chi connectivity index (χ4n) is 5.20. The molecule has 0 spiro atoms. The molecule has 4 nitrogen and oxygen atoms in total. The van der Waals surface area contributed by atoms with Crippen LogP contribution in [0.3, 0.4) is 0 Å². The van der Waals surface area contributed by atoms with Crippen LogP contribution in [-0.4, -0.2) is 76.9 Å². The summed E-state index contributed by atoms with van der Waals surface area (Å²) in [6, 6.07) is 0. The van der Waals surface area contributed by atoms with Gasteiger partial charge in [-0.05, 0) is 79.3 Å². The first kappa shape index (κ1) is 20.9. The van der Waals surface area contributed by atoms with E-state index < -0.39 is 0 Å². The Morgan fingerprint density at radius 1 is 1.08 bits per heavy atom. The molecule has 3 heterocycles. The smallest absolute Gasteiger partial charge is 0.0736 e. The molecule has 0 amide bonds. The van der Waals surface area contributed by atoms with Gasteiger partial charge in [0.15, 0.2) is 0 Å². The minimum absolute atomic E-state index is 0.0611. The van der Waals surface area contributed by atoms with Crippen molar-refractivity contribution in [2.24, 2.45) is 11.3 Å². The van der Waals surface area contributed by atoms with Crippen molar-refractivity contribution in [3.8, 4) is 0 Å². The molecule has 152 valence electrons. The number of hydrogen-bond donors (Lipinski definition) is 1. The zero-order valence-corrected chi connectivity index (χ0v) is 18.2. The molecule has 3 aliphatic heterocycles. The van der Waals surface area contributed by atoms with Gasteiger partial charge in [-0.2, -0.15) is 0 Å². The van der Waals surface area contributed by atoms with Crippen molar-refractivity contribution in [1.82, 2.24) is 9.80 Å². The quantitative estimate of drug-likeness (QED) is 0.735. The lowest BCUT2D eigenvalue weighted by atomic mass is 9.78. The van der Waals surface area contributed by atoms with Gasteiger partial charge < -0.3 is 9.84 Å². The predicted molar refractivity (Wildman–Crippen MR) is 108 cm³/mol. The van der Waals surface area contributed by atoms with E-state index in [1.165, 1.54) is 12.8 Å². The van der Waals surface area contributed by atoms with E-state index in [0.717, 1.165) is 39.0 Å². The van der Waals surface area contributed by atoms with Crippen molar-refractivity contribution in [3.63, 3.8) is 0 Å². The van der Waals surface area contributed by atoms with Gasteiger partial charge in [0.2, 0.25) is 0 Å². The summed E-state index contributed by atoms with van der Waals surface area (Å²) < 4.78 is 6.33. The van der Waals surface area contributed by atoms with Gasteiger partial charge in [-0.3, -0.25) is 9.80 Å². The molecule has 3 rings (SSSR count). The molecule has 0 aromatic carbocycles. The van der Waals surface area contributed by atoms with Crippen molar-refractivity contribution in [1.29, 1.82) is 0 Å². The highest BCUT2D eigenvalue weighted by Crippen LogP contribution is 2.41. The lowest BCUT2D eigenvalue weighted by Crippen LogP contribution is -2.54. The Morgan fingerprint density at radius 2 is 1.73 bits per heavy atom. The van der Waals surface area contributed by atoms with Crippen LogP contribution in [0.5, 0.6) is 0 Å². The molecular weight excluding hydrogens is 348 g/mol. The second-order valence-electron chi connectivity index (χ2n) is 10.7. The molecule has 0 aromatic heterocycles. The second kappa shape index (κ2) is 7.51. The number of fused-ring (bicyclic) bond motifs is 2. The van der Waals surface area contributed by atoms with Gasteiger partial charge in [0, 0.05) is 42.1 Å².